The summed E-state index contributed by atoms with van der Waals surface area (Å²) in [5.41, 5.74) is 1.26. The lowest BCUT2D eigenvalue weighted by molar-refractivity contribution is 0.226. The highest BCUT2D eigenvalue weighted by Crippen LogP contribution is 2.29. The molecule has 2 N–H and O–H groups in total. The molecule has 88 valence electrons. The minimum Gasteiger partial charge on any atom is -0.494 e. The molecule has 0 unspecified atom stereocenters. The van der Waals surface area contributed by atoms with Crippen LogP contribution in [-0.2, 0) is 0 Å². The van der Waals surface area contributed by atoms with Gasteiger partial charge in [-0.1, -0.05) is 12.1 Å². The number of rotatable bonds is 4. The summed E-state index contributed by atoms with van der Waals surface area (Å²) in [6, 6.07) is 8.20. The second-order valence-corrected chi connectivity index (χ2v) is 4.21. The fraction of sp³-hybridized carbons (Fsp3) is 0.538. The van der Waals surface area contributed by atoms with E-state index in [9.17, 15) is 5.11 Å². The molecule has 1 aromatic carbocycles. The van der Waals surface area contributed by atoms with Crippen LogP contribution in [0.2, 0.25) is 0 Å². The Morgan fingerprint density at radius 1 is 1.44 bits per heavy atom. The number of ether oxygens (including phenoxy) is 1. The number of hydrogen-bond donors (Lipinski definition) is 2. The van der Waals surface area contributed by atoms with Crippen LogP contribution >= 0.6 is 0 Å². The predicted molar refractivity (Wildman–Crippen MR) is 63.8 cm³/mol. The minimum atomic E-state index is 0.247. The number of benzene rings is 1. The number of aliphatic hydroxyl groups excluding tert-OH is 1. The summed E-state index contributed by atoms with van der Waals surface area (Å²) in [5, 5.41) is 12.6. The van der Waals surface area contributed by atoms with Crippen molar-refractivity contribution in [3.05, 3.63) is 29.8 Å². The maximum Gasteiger partial charge on any atom is 0.119 e. The molecule has 0 bridgehead atoms. The molecule has 1 fully saturated rings. The molecule has 0 amide bonds. The van der Waals surface area contributed by atoms with Crippen molar-refractivity contribution in [3.8, 4) is 5.75 Å². The molecule has 0 saturated carbocycles. The molecule has 1 heterocycles. The Morgan fingerprint density at radius 3 is 3.06 bits per heavy atom. The van der Waals surface area contributed by atoms with E-state index in [4.69, 9.17) is 4.74 Å². The summed E-state index contributed by atoms with van der Waals surface area (Å²) >= 11 is 0. The first-order chi connectivity index (χ1) is 7.85. The van der Waals surface area contributed by atoms with Crippen LogP contribution in [0.15, 0.2) is 24.3 Å². The van der Waals surface area contributed by atoms with Crippen molar-refractivity contribution in [1.29, 1.82) is 0 Å². The molecule has 1 aromatic rings. The molecule has 0 aliphatic carbocycles. The van der Waals surface area contributed by atoms with E-state index >= 15 is 0 Å². The van der Waals surface area contributed by atoms with Crippen molar-refractivity contribution < 1.29 is 9.84 Å². The van der Waals surface area contributed by atoms with Gasteiger partial charge in [0.15, 0.2) is 0 Å². The van der Waals surface area contributed by atoms with Crippen molar-refractivity contribution in [3.63, 3.8) is 0 Å². The summed E-state index contributed by atoms with van der Waals surface area (Å²) in [4.78, 5) is 0. The second kappa shape index (κ2) is 5.32. The third-order valence-corrected chi connectivity index (χ3v) is 3.17. The van der Waals surface area contributed by atoms with Crippen LogP contribution in [-0.4, -0.2) is 31.4 Å². The molecule has 1 saturated heterocycles. The highest BCUT2D eigenvalue weighted by molar-refractivity contribution is 5.32. The molecule has 3 nitrogen and oxygen atoms in total. The van der Waals surface area contributed by atoms with Crippen LogP contribution in [0.3, 0.4) is 0 Å². The summed E-state index contributed by atoms with van der Waals surface area (Å²) < 4.78 is 5.49. The first-order valence-electron chi connectivity index (χ1n) is 5.89. The largest absolute Gasteiger partial charge is 0.494 e. The first-order valence-corrected chi connectivity index (χ1v) is 5.89. The fourth-order valence-electron chi connectivity index (χ4n) is 2.32. The van der Waals surface area contributed by atoms with Crippen molar-refractivity contribution in [2.45, 2.75) is 12.8 Å². The standard InChI is InChI=1S/C13H19NO2/c1-2-16-12-5-3-4-10(6-12)13-8-14-7-11(13)9-15/h3-6,11,13-15H,2,7-9H2,1H3/t11-,13+/m1/s1. The second-order valence-electron chi connectivity index (χ2n) is 4.21. The van der Waals surface area contributed by atoms with E-state index in [0.717, 1.165) is 18.8 Å². The average molecular weight is 221 g/mol. The summed E-state index contributed by atoms with van der Waals surface area (Å²) in [7, 11) is 0. The van der Waals surface area contributed by atoms with Gasteiger partial charge in [0.1, 0.15) is 5.75 Å². The van der Waals surface area contributed by atoms with Gasteiger partial charge in [0, 0.05) is 31.5 Å². The molecular weight excluding hydrogens is 202 g/mol. The number of nitrogens with one attached hydrogen (secondary N) is 1. The predicted octanol–water partition coefficient (Wildman–Crippen LogP) is 1.38. The van der Waals surface area contributed by atoms with Crippen LogP contribution in [0.5, 0.6) is 5.75 Å². The van der Waals surface area contributed by atoms with Gasteiger partial charge < -0.3 is 15.2 Å². The van der Waals surface area contributed by atoms with Crippen molar-refractivity contribution >= 4 is 0 Å². The van der Waals surface area contributed by atoms with Crippen molar-refractivity contribution in [2.75, 3.05) is 26.3 Å². The maximum atomic E-state index is 9.30. The Kier molecular flexibility index (Phi) is 3.80. The van der Waals surface area contributed by atoms with E-state index in [1.807, 2.05) is 19.1 Å². The monoisotopic (exact) mass is 221 g/mol. The van der Waals surface area contributed by atoms with Gasteiger partial charge in [0.2, 0.25) is 0 Å². The van der Waals surface area contributed by atoms with Crippen LogP contribution in [0.25, 0.3) is 0 Å². The molecule has 0 radical (unpaired) electrons. The molecule has 2 atom stereocenters. The lowest BCUT2D eigenvalue weighted by Gasteiger charge is -2.17. The van der Waals surface area contributed by atoms with Gasteiger partial charge in [-0.15, -0.1) is 0 Å². The molecule has 16 heavy (non-hydrogen) atoms. The SMILES string of the molecule is CCOc1cccc([C@@H]2CNC[C@@H]2CO)c1. The van der Waals surface area contributed by atoms with Gasteiger partial charge in [0.05, 0.1) is 6.61 Å². The van der Waals surface area contributed by atoms with Gasteiger partial charge in [-0.05, 0) is 24.6 Å². The Hall–Kier alpha value is -1.06. The zero-order valence-electron chi connectivity index (χ0n) is 9.65. The normalized spacial score (nSPS) is 24.6. The highest BCUT2D eigenvalue weighted by atomic mass is 16.5. The minimum absolute atomic E-state index is 0.247. The van der Waals surface area contributed by atoms with E-state index in [1.165, 1.54) is 5.56 Å². The summed E-state index contributed by atoms with van der Waals surface area (Å²) in [6.45, 7) is 4.77. The molecule has 1 aliphatic rings. The quantitative estimate of drug-likeness (QED) is 0.807. The molecular formula is C13H19NO2. The van der Waals surface area contributed by atoms with E-state index in [1.54, 1.807) is 0 Å². The lowest BCUT2D eigenvalue weighted by Crippen LogP contribution is -2.14. The first kappa shape index (κ1) is 11.4. The van der Waals surface area contributed by atoms with E-state index in [0.29, 0.717) is 18.4 Å². The Morgan fingerprint density at radius 2 is 2.31 bits per heavy atom. The van der Waals surface area contributed by atoms with Crippen molar-refractivity contribution in [1.82, 2.24) is 5.32 Å². The average Bonchev–Trinajstić information content (AvgIpc) is 2.78. The fourth-order valence-corrected chi connectivity index (χ4v) is 2.32. The van der Waals surface area contributed by atoms with Gasteiger partial charge >= 0.3 is 0 Å². The van der Waals surface area contributed by atoms with Crippen LogP contribution in [0.4, 0.5) is 0 Å². The zero-order valence-corrected chi connectivity index (χ0v) is 9.65. The van der Waals surface area contributed by atoms with Crippen molar-refractivity contribution in [2.24, 2.45) is 5.92 Å². The smallest absolute Gasteiger partial charge is 0.119 e. The van der Waals surface area contributed by atoms with Gasteiger partial charge in [-0.2, -0.15) is 0 Å². The zero-order chi connectivity index (χ0) is 11.4. The lowest BCUT2D eigenvalue weighted by atomic mass is 9.89. The maximum absolute atomic E-state index is 9.30. The Balaban J connectivity index is 2.16. The van der Waals surface area contributed by atoms with Crippen LogP contribution in [0.1, 0.15) is 18.4 Å². The topological polar surface area (TPSA) is 41.5 Å². The molecule has 0 aromatic heterocycles. The van der Waals surface area contributed by atoms with Gasteiger partial charge in [-0.25, -0.2) is 0 Å². The number of aliphatic hydroxyl groups is 1. The summed E-state index contributed by atoms with van der Waals surface area (Å²) in [5.74, 6) is 1.66. The van der Waals surface area contributed by atoms with E-state index < -0.39 is 0 Å². The molecule has 0 spiro atoms. The Bertz CT molecular complexity index is 340. The van der Waals surface area contributed by atoms with Crippen LogP contribution in [0, 0.1) is 5.92 Å². The van der Waals surface area contributed by atoms with E-state index in [-0.39, 0.29) is 6.61 Å². The Labute approximate surface area is 96.4 Å². The van der Waals surface area contributed by atoms with Gasteiger partial charge in [-0.3, -0.25) is 0 Å². The third-order valence-electron chi connectivity index (χ3n) is 3.17. The highest BCUT2D eigenvalue weighted by Gasteiger charge is 2.27. The van der Waals surface area contributed by atoms with Crippen LogP contribution < -0.4 is 10.1 Å². The molecule has 3 heteroatoms. The molecule has 1 aliphatic heterocycles. The van der Waals surface area contributed by atoms with Gasteiger partial charge in [0.25, 0.3) is 0 Å². The third kappa shape index (κ3) is 2.36. The number of hydrogen-bond acceptors (Lipinski definition) is 3. The summed E-state index contributed by atoms with van der Waals surface area (Å²) in [6.07, 6.45) is 0. The van der Waals surface area contributed by atoms with E-state index in [2.05, 4.69) is 17.4 Å². The molecule has 2 rings (SSSR count).